The van der Waals surface area contributed by atoms with E-state index in [4.69, 9.17) is 14.6 Å². The molecule has 0 unspecified atom stereocenters. The fraction of sp³-hybridized carbons (Fsp3) is 0.462. The van der Waals surface area contributed by atoms with Crippen LogP contribution in [0.4, 0.5) is 5.69 Å². The van der Waals surface area contributed by atoms with Crippen LogP contribution in [0.25, 0.3) is 0 Å². The van der Waals surface area contributed by atoms with Gasteiger partial charge in [0.25, 0.3) is 5.69 Å². The maximum Gasteiger partial charge on any atom is 0.343 e. The zero-order valence-corrected chi connectivity index (χ0v) is 11.7. The molecule has 8 heteroatoms. The number of hydrogen-bond acceptors (Lipinski definition) is 6. The van der Waals surface area contributed by atoms with Gasteiger partial charge >= 0.3 is 5.97 Å². The maximum atomic E-state index is 11.2. The Morgan fingerprint density at radius 3 is 2.76 bits per heavy atom. The van der Waals surface area contributed by atoms with Gasteiger partial charge in [-0.3, -0.25) is 10.1 Å². The number of hydrogen-bond donors (Lipinski definition) is 2. The van der Waals surface area contributed by atoms with Crippen molar-refractivity contribution in [3.63, 3.8) is 0 Å². The Kier molecular flexibility index (Phi) is 7.30. The number of benzene rings is 1. The molecule has 0 heterocycles. The summed E-state index contributed by atoms with van der Waals surface area (Å²) in [6.07, 6.45) is 0. The minimum absolute atomic E-state index is 0.219. The van der Waals surface area contributed by atoms with Gasteiger partial charge in [0.2, 0.25) is 0 Å². The fourth-order valence-corrected chi connectivity index (χ4v) is 1.74. The average molecular weight is 298 g/mol. The Morgan fingerprint density at radius 1 is 1.38 bits per heavy atom. The van der Waals surface area contributed by atoms with Gasteiger partial charge in [-0.1, -0.05) is 12.1 Å². The van der Waals surface area contributed by atoms with E-state index < -0.39 is 16.6 Å². The lowest BCUT2D eigenvalue weighted by molar-refractivity contribution is -0.385. The Morgan fingerprint density at radius 2 is 2.14 bits per heavy atom. The Labute approximate surface area is 121 Å². The molecule has 21 heavy (non-hydrogen) atoms. The summed E-state index contributed by atoms with van der Waals surface area (Å²) in [6, 6.07) is 4.20. The number of ether oxygens (including phenoxy) is 2. The number of methoxy groups -OCH3 is 1. The van der Waals surface area contributed by atoms with Crippen LogP contribution in [0, 0.1) is 10.1 Å². The molecule has 116 valence electrons. The Hall–Kier alpha value is -2.03. The minimum atomic E-state index is -1.31. The molecule has 1 aromatic carbocycles. The molecule has 0 saturated carbocycles. The average Bonchev–Trinajstić information content (AvgIpc) is 2.45. The summed E-state index contributed by atoms with van der Waals surface area (Å²) in [4.78, 5) is 21.3. The van der Waals surface area contributed by atoms with Gasteiger partial charge in [0.05, 0.1) is 24.7 Å². The van der Waals surface area contributed by atoms with E-state index in [2.05, 4.69) is 5.32 Å². The number of aromatic carboxylic acids is 1. The maximum absolute atomic E-state index is 11.2. The van der Waals surface area contributed by atoms with E-state index in [9.17, 15) is 14.9 Å². The number of carbonyl (C=O) groups is 1. The predicted octanol–water partition coefficient (Wildman–Crippen LogP) is 1.05. The van der Waals surface area contributed by atoms with E-state index in [0.29, 0.717) is 31.9 Å². The van der Waals surface area contributed by atoms with Crippen molar-refractivity contribution in [3.8, 4) is 0 Å². The summed E-state index contributed by atoms with van der Waals surface area (Å²) in [5.41, 5.74) is -0.318. The second-order valence-electron chi connectivity index (χ2n) is 4.16. The number of nitro groups is 1. The number of rotatable bonds is 10. The van der Waals surface area contributed by atoms with Gasteiger partial charge < -0.3 is 19.9 Å². The lowest BCUT2D eigenvalue weighted by atomic mass is 10.1. The van der Waals surface area contributed by atoms with E-state index in [1.807, 2.05) is 0 Å². The van der Waals surface area contributed by atoms with Crippen molar-refractivity contribution in [2.75, 3.05) is 33.5 Å². The summed E-state index contributed by atoms with van der Waals surface area (Å²) >= 11 is 0. The second kappa shape index (κ2) is 9.01. The highest BCUT2D eigenvalue weighted by atomic mass is 16.6. The van der Waals surface area contributed by atoms with Crippen LogP contribution in [0.15, 0.2) is 18.2 Å². The lowest BCUT2D eigenvalue weighted by Crippen LogP contribution is -2.21. The zero-order valence-electron chi connectivity index (χ0n) is 11.7. The van der Waals surface area contributed by atoms with Crippen LogP contribution in [0.3, 0.4) is 0 Å². The smallest absolute Gasteiger partial charge is 0.343 e. The molecule has 0 atom stereocenters. The molecule has 2 N–H and O–H groups in total. The van der Waals surface area contributed by atoms with Crippen LogP contribution in [0.2, 0.25) is 0 Å². The summed E-state index contributed by atoms with van der Waals surface area (Å²) in [6.45, 7) is 2.16. The third-order valence-electron chi connectivity index (χ3n) is 2.71. The van der Waals surface area contributed by atoms with Crippen LogP contribution in [-0.2, 0) is 16.0 Å². The number of nitrogens with zero attached hydrogens (tertiary/aromatic N) is 1. The van der Waals surface area contributed by atoms with Crippen molar-refractivity contribution in [3.05, 3.63) is 39.4 Å². The molecule has 0 aromatic heterocycles. The van der Waals surface area contributed by atoms with Crippen LogP contribution in [0.1, 0.15) is 15.9 Å². The van der Waals surface area contributed by atoms with Crippen molar-refractivity contribution in [1.82, 2.24) is 5.32 Å². The predicted molar refractivity (Wildman–Crippen MR) is 74.5 cm³/mol. The lowest BCUT2D eigenvalue weighted by Gasteiger charge is -2.08. The molecule has 0 aliphatic carbocycles. The molecule has 0 saturated heterocycles. The standard InChI is InChI=1S/C13H18N2O6/c1-20-7-8-21-6-5-14-9-10-3-2-4-11(15(18)19)12(10)13(16)17/h2-4,14H,5-9H2,1H3,(H,16,17). The van der Waals surface area contributed by atoms with E-state index in [-0.39, 0.29) is 12.1 Å². The molecule has 0 aliphatic heterocycles. The highest BCUT2D eigenvalue weighted by molar-refractivity contribution is 5.94. The molecular weight excluding hydrogens is 280 g/mol. The minimum Gasteiger partial charge on any atom is -0.477 e. The van der Waals surface area contributed by atoms with Gasteiger partial charge in [-0.2, -0.15) is 0 Å². The molecular formula is C13H18N2O6. The zero-order chi connectivity index (χ0) is 15.7. The number of nitrogens with one attached hydrogen (secondary N) is 1. The molecule has 1 rings (SSSR count). The highest BCUT2D eigenvalue weighted by Crippen LogP contribution is 2.22. The summed E-state index contributed by atoms with van der Waals surface area (Å²) in [7, 11) is 1.58. The van der Waals surface area contributed by atoms with Crippen LogP contribution < -0.4 is 5.32 Å². The molecule has 8 nitrogen and oxygen atoms in total. The van der Waals surface area contributed by atoms with Crippen molar-refractivity contribution < 1.29 is 24.3 Å². The second-order valence-corrected chi connectivity index (χ2v) is 4.16. The first-order valence-electron chi connectivity index (χ1n) is 6.35. The Bertz CT molecular complexity index is 492. The third kappa shape index (κ3) is 5.46. The van der Waals surface area contributed by atoms with Gasteiger partial charge in [0, 0.05) is 26.3 Å². The molecule has 0 radical (unpaired) electrons. The van der Waals surface area contributed by atoms with E-state index in [1.54, 1.807) is 13.2 Å². The first kappa shape index (κ1) is 17.0. The quantitative estimate of drug-likeness (QED) is 0.377. The highest BCUT2D eigenvalue weighted by Gasteiger charge is 2.22. The molecule has 0 aliphatic rings. The largest absolute Gasteiger partial charge is 0.477 e. The van der Waals surface area contributed by atoms with Crippen molar-refractivity contribution in [2.45, 2.75) is 6.54 Å². The van der Waals surface area contributed by atoms with E-state index in [1.165, 1.54) is 12.1 Å². The third-order valence-corrected chi connectivity index (χ3v) is 2.71. The molecule has 0 fully saturated rings. The van der Waals surface area contributed by atoms with Gasteiger partial charge in [0.1, 0.15) is 5.56 Å². The van der Waals surface area contributed by atoms with E-state index in [0.717, 1.165) is 0 Å². The van der Waals surface area contributed by atoms with Gasteiger partial charge in [0.15, 0.2) is 0 Å². The first-order valence-corrected chi connectivity index (χ1v) is 6.35. The SMILES string of the molecule is COCCOCCNCc1cccc([N+](=O)[O-])c1C(=O)O. The summed E-state index contributed by atoms with van der Waals surface area (Å²) in [5, 5.41) is 23.0. The van der Waals surface area contributed by atoms with Gasteiger partial charge in [-0.15, -0.1) is 0 Å². The molecule has 1 aromatic rings. The van der Waals surface area contributed by atoms with Crippen molar-refractivity contribution >= 4 is 11.7 Å². The van der Waals surface area contributed by atoms with E-state index >= 15 is 0 Å². The topological polar surface area (TPSA) is 111 Å². The number of carboxylic acid groups (broad SMARTS) is 1. The van der Waals surface area contributed by atoms with Crippen LogP contribution in [-0.4, -0.2) is 49.5 Å². The molecule has 0 bridgehead atoms. The Balaban J connectivity index is 2.57. The van der Waals surface area contributed by atoms with Crippen molar-refractivity contribution in [2.24, 2.45) is 0 Å². The molecule has 0 spiro atoms. The van der Waals surface area contributed by atoms with Crippen LogP contribution in [0.5, 0.6) is 0 Å². The van der Waals surface area contributed by atoms with Crippen molar-refractivity contribution in [1.29, 1.82) is 0 Å². The summed E-state index contributed by atoms with van der Waals surface area (Å²) < 4.78 is 10.1. The summed E-state index contributed by atoms with van der Waals surface area (Å²) in [5.74, 6) is -1.31. The van der Waals surface area contributed by atoms with Crippen LogP contribution >= 0.6 is 0 Å². The fourth-order valence-electron chi connectivity index (χ4n) is 1.74. The molecule has 0 amide bonds. The first-order chi connectivity index (χ1) is 10.1. The number of carboxylic acids is 1. The van der Waals surface area contributed by atoms with Gasteiger partial charge in [-0.05, 0) is 5.56 Å². The van der Waals surface area contributed by atoms with Gasteiger partial charge in [-0.25, -0.2) is 4.79 Å². The monoisotopic (exact) mass is 298 g/mol. The number of nitro benzene ring substituents is 1. The normalized spacial score (nSPS) is 10.5.